The third kappa shape index (κ3) is 6.24. The summed E-state index contributed by atoms with van der Waals surface area (Å²) in [5.74, 6) is -2.69. The van der Waals surface area contributed by atoms with E-state index in [1.807, 2.05) is 32.0 Å². The normalized spacial score (nSPS) is 16.0. The van der Waals surface area contributed by atoms with Crippen LogP contribution in [0.2, 0.25) is 0 Å². The predicted molar refractivity (Wildman–Crippen MR) is 148 cm³/mol. The smallest absolute Gasteiger partial charge is 0.267 e. The van der Waals surface area contributed by atoms with Crippen molar-refractivity contribution >= 4 is 21.9 Å². The second-order valence-corrected chi connectivity index (χ2v) is 11.7. The minimum Gasteiger partial charge on any atom is -0.472 e. The van der Waals surface area contributed by atoms with Crippen LogP contribution in [0.25, 0.3) is 11.3 Å². The Morgan fingerprint density at radius 3 is 2.45 bits per heavy atom. The lowest BCUT2D eigenvalue weighted by molar-refractivity contribution is -0.139. The minimum absolute atomic E-state index is 0.0627. The second kappa shape index (κ2) is 11.4. The summed E-state index contributed by atoms with van der Waals surface area (Å²) < 4.78 is 63.1. The summed E-state index contributed by atoms with van der Waals surface area (Å²) in [6.07, 6.45) is 0.596. The lowest BCUT2D eigenvalue weighted by Gasteiger charge is -2.21. The Morgan fingerprint density at radius 1 is 1.12 bits per heavy atom. The van der Waals surface area contributed by atoms with Gasteiger partial charge in [0.05, 0.1) is 18.4 Å². The maximum Gasteiger partial charge on any atom is 0.267 e. The molecule has 2 atom stereocenters. The largest absolute Gasteiger partial charge is 0.472 e. The number of benzene rings is 2. The van der Waals surface area contributed by atoms with E-state index in [-0.39, 0.29) is 35.4 Å². The van der Waals surface area contributed by atoms with Gasteiger partial charge in [-0.25, -0.2) is 26.9 Å². The van der Waals surface area contributed by atoms with Gasteiger partial charge >= 0.3 is 0 Å². The number of nitrogens with zero attached hydrogens (tertiary/aromatic N) is 5. The molecule has 42 heavy (non-hydrogen) atoms. The van der Waals surface area contributed by atoms with Gasteiger partial charge in [0.25, 0.3) is 15.9 Å². The zero-order chi connectivity index (χ0) is 30.2. The first-order valence-electron chi connectivity index (χ1n) is 13.0. The number of carbonyl (C=O) groups excluding carboxylic acids is 1. The van der Waals surface area contributed by atoms with Crippen LogP contribution in [0.1, 0.15) is 29.2 Å². The summed E-state index contributed by atoms with van der Waals surface area (Å²) in [5, 5.41) is 14.4. The summed E-state index contributed by atoms with van der Waals surface area (Å²) in [6.45, 7) is 4.09. The molecule has 0 spiro atoms. The lowest BCUT2D eigenvalue weighted by Crippen LogP contribution is -2.35. The number of aryl methyl sites for hydroxylation is 3. The molecule has 1 fully saturated rings. The van der Waals surface area contributed by atoms with Crippen molar-refractivity contribution in [2.45, 2.75) is 37.4 Å². The number of carbonyl (C=O) groups is 1. The molecule has 2 aromatic heterocycles. The Hall–Kier alpha value is -4.43. The maximum absolute atomic E-state index is 13.6. The van der Waals surface area contributed by atoms with Crippen LogP contribution in [0.4, 0.5) is 14.7 Å². The highest BCUT2D eigenvalue weighted by molar-refractivity contribution is 7.92. The summed E-state index contributed by atoms with van der Waals surface area (Å²) in [6, 6.07) is 9.75. The third-order valence-corrected chi connectivity index (χ3v) is 8.12. The van der Waals surface area contributed by atoms with E-state index in [9.17, 15) is 27.1 Å². The lowest BCUT2D eigenvalue weighted by atomic mass is 10.00. The number of hydrogen-bond acceptors (Lipinski definition) is 8. The fourth-order valence-electron chi connectivity index (χ4n) is 4.84. The molecular weight excluding hydrogens is 570 g/mol. The molecule has 2 N–H and O–H groups in total. The molecular formula is C28H28F2N6O5S. The average molecular weight is 599 g/mol. The molecule has 2 aromatic carbocycles. The van der Waals surface area contributed by atoms with Gasteiger partial charge in [-0.15, -0.1) is 0 Å². The van der Waals surface area contributed by atoms with Crippen LogP contribution in [0.15, 0.2) is 59.8 Å². The summed E-state index contributed by atoms with van der Waals surface area (Å²) in [4.78, 5) is 22.9. The van der Waals surface area contributed by atoms with Crippen LogP contribution in [-0.2, 0) is 21.9 Å². The van der Waals surface area contributed by atoms with E-state index in [1.165, 1.54) is 22.0 Å². The van der Waals surface area contributed by atoms with Crippen molar-refractivity contribution in [1.82, 2.24) is 24.6 Å². The van der Waals surface area contributed by atoms with Crippen LogP contribution < -0.4 is 9.46 Å². The number of amides is 1. The van der Waals surface area contributed by atoms with E-state index in [0.29, 0.717) is 18.2 Å². The number of aliphatic hydroxyl groups excluding tert-OH is 1. The van der Waals surface area contributed by atoms with Gasteiger partial charge in [-0.2, -0.15) is 10.1 Å². The first-order chi connectivity index (χ1) is 19.9. The summed E-state index contributed by atoms with van der Waals surface area (Å²) in [5.41, 5.74) is 2.82. The Balaban J connectivity index is 1.40. The van der Waals surface area contributed by atoms with Crippen molar-refractivity contribution in [1.29, 1.82) is 0 Å². The van der Waals surface area contributed by atoms with E-state index in [4.69, 9.17) is 4.74 Å². The predicted octanol–water partition coefficient (Wildman–Crippen LogP) is 3.29. The number of nitrogens with one attached hydrogen (secondary N) is 1. The van der Waals surface area contributed by atoms with Crippen molar-refractivity contribution in [2.24, 2.45) is 7.05 Å². The van der Waals surface area contributed by atoms with Crippen molar-refractivity contribution in [3.8, 4) is 17.1 Å². The van der Waals surface area contributed by atoms with E-state index in [0.717, 1.165) is 28.8 Å². The molecule has 0 saturated carbocycles. The van der Waals surface area contributed by atoms with Crippen LogP contribution in [-0.4, -0.2) is 63.3 Å². The number of likely N-dealkylation sites (tertiary alicyclic amines) is 1. The van der Waals surface area contributed by atoms with Crippen molar-refractivity contribution in [3.63, 3.8) is 0 Å². The van der Waals surface area contributed by atoms with Gasteiger partial charge in [-0.3, -0.25) is 9.48 Å². The van der Waals surface area contributed by atoms with Crippen LogP contribution >= 0.6 is 0 Å². The molecule has 0 bridgehead atoms. The number of anilines is 1. The Morgan fingerprint density at radius 2 is 1.81 bits per heavy atom. The SMILES string of the molecule is Cc1cccc(C)c1-c1cc(OC2CCN(C(=O)C(O)c3cc(F)cc(F)c3)C2)nc(NS(=O)(=O)c2cnn(C)c2)n1. The number of aliphatic hydroxyl groups is 1. The van der Waals surface area contributed by atoms with Gasteiger partial charge in [0.1, 0.15) is 22.6 Å². The Bertz CT molecular complexity index is 1720. The maximum atomic E-state index is 13.6. The third-order valence-electron chi connectivity index (χ3n) is 6.84. The zero-order valence-corrected chi connectivity index (χ0v) is 23.8. The van der Waals surface area contributed by atoms with Crippen LogP contribution in [0.3, 0.4) is 0 Å². The van der Waals surface area contributed by atoms with Gasteiger partial charge in [0, 0.05) is 43.9 Å². The minimum atomic E-state index is -4.07. The first kappa shape index (κ1) is 29.1. The van der Waals surface area contributed by atoms with E-state index < -0.39 is 39.8 Å². The molecule has 3 heterocycles. The highest BCUT2D eigenvalue weighted by atomic mass is 32.2. The standard InChI is InChI=1S/C28H28F2N6O5S/c1-16-5-4-6-17(2)25(16)23-12-24(33-28(32-23)34-42(39,40)22-13-31-35(3)15-22)41-21-7-8-36(14-21)27(38)26(37)18-9-19(29)11-20(30)10-18/h4-6,9-13,15,21,26,37H,7-8,14H2,1-3H3,(H,32,33,34). The van der Waals surface area contributed by atoms with Gasteiger partial charge in [0.2, 0.25) is 11.8 Å². The molecule has 220 valence electrons. The quantitative estimate of drug-likeness (QED) is 0.315. The highest BCUT2D eigenvalue weighted by Gasteiger charge is 2.33. The van der Waals surface area contributed by atoms with E-state index in [2.05, 4.69) is 19.8 Å². The zero-order valence-electron chi connectivity index (χ0n) is 23.0. The second-order valence-electron chi connectivity index (χ2n) is 10.1. The van der Waals surface area contributed by atoms with Gasteiger partial charge in [-0.1, -0.05) is 18.2 Å². The fourth-order valence-corrected chi connectivity index (χ4v) is 5.76. The summed E-state index contributed by atoms with van der Waals surface area (Å²) in [7, 11) is -2.47. The topological polar surface area (TPSA) is 140 Å². The molecule has 0 radical (unpaired) electrons. The molecule has 1 aliphatic heterocycles. The molecule has 1 amide bonds. The Labute approximate surface area is 240 Å². The highest BCUT2D eigenvalue weighted by Crippen LogP contribution is 2.30. The van der Waals surface area contributed by atoms with Gasteiger partial charge in [-0.05, 0) is 42.7 Å². The molecule has 1 aliphatic rings. The van der Waals surface area contributed by atoms with Crippen molar-refractivity contribution < 1.29 is 31.8 Å². The molecule has 5 rings (SSSR count). The van der Waals surface area contributed by atoms with Crippen LogP contribution in [0.5, 0.6) is 5.88 Å². The molecule has 2 unspecified atom stereocenters. The van der Waals surface area contributed by atoms with Crippen LogP contribution in [0, 0.1) is 25.5 Å². The van der Waals surface area contributed by atoms with Gasteiger partial charge in [0.15, 0.2) is 6.10 Å². The molecule has 0 aliphatic carbocycles. The Kier molecular flexibility index (Phi) is 7.93. The number of aromatic nitrogens is 4. The monoisotopic (exact) mass is 598 g/mol. The number of hydrogen-bond donors (Lipinski definition) is 2. The van der Waals surface area contributed by atoms with Crippen molar-refractivity contribution in [2.75, 3.05) is 17.8 Å². The number of halogens is 2. The van der Waals surface area contributed by atoms with E-state index >= 15 is 0 Å². The molecule has 11 nitrogen and oxygen atoms in total. The molecule has 4 aromatic rings. The van der Waals surface area contributed by atoms with Crippen molar-refractivity contribution in [3.05, 3.63) is 83.2 Å². The number of ether oxygens (including phenoxy) is 1. The molecule has 14 heteroatoms. The van der Waals surface area contributed by atoms with Gasteiger partial charge < -0.3 is 14.7 Å². The fraction of sp³-hybridized carbons (Fsp3) is 0.286. The molecule has 1 saturated heterocycles. The number of sulfonamides is 1. The van der Waals surface area contributed by atoms with E-state index in [1.54, 1.807) is 13.1 Å². The average Bonchev–Trinajstić information content (AvgIpc) is 3.56. The number of rotatable bonds is 8. The first-order valence-corrected chi connectivity index (χ1v) is 14.4. The summed E-state index contributed by atoms with van der Waals surface area (Å²) >= 11 is 0.